The van der Waals surface area contributed by atoms with E-state index < -0.39 is 5.82 Å². The van der Waals surface area contributed by atoms with Crippen molar-refractivity contribution < 1.29 is 9.18 Å². The number of nitrogens with one attached hydrogen (secondary N) is 2. The summed E-state index contributed by atoms with van der Waals surface area (Å²) in [5, 5.41) is 6.72. The second kappa shape index (κ2) is 9.93. The van der Waals surface area contributed by atoms with Crippen molar-refractivity contribution in [3.63, 3.8) is 0 Å². The normalized spacial score (nSPS) is 20.5. The van der Waals surface area contributed by atoms with Gasteiger partial charge in [0.25, 0.3) is 0 Å². The summed E-state index contributed by atoms with van der Waals surface area (Å²) < 4.78 is 16.4. The maximum Gasteiger partial charge on any atom is 0.226 e. The van der Waals surface area contributed by atoms with E-state index in [1.165, 1.54) is 37.4 Å². The number of rotatable bonds is 7. The van der Waals surface area contributed by atoms with Crippen LogP contribution in [0, 0.1) is 5.82 Å². The molecule has 0 unspecified atom stereocenters. The SMILES string of the molecule is O=C(CCN1C(=S)N[C@@H](c2ccccn2)[C@@H]1c1cccn1C1CCCC1)Nc1ccccc1F. The standard InChI is InChI=1S/C26H28FN5OS/c27-19-10-3-4-11-20(19)29-23(33)14-17-32-25(22-13-7-16-31(22)18-8-1-2-9-18)24(30-26(32)34)21-12-5-6-15-28-21/h3-7,10-13,15-16,18,24-25H,1-2,8-9,14,17H2,(H,29,33)(H,30,34)/t24-,25-/m0/s1. The van der Waals surface area contributed by atoms with Gasteiger partial charge in [-0.15, -0.1) is 0 Å². The number of amides is 1. The van der Waals surface area contributed by atoms with E-state index >= 15 is 0 Å². The van der Waals surface area contributed by atoms with Gasteiger partial charge in [0.1, 0.15) is 5.82 Å². The summed E-state index contributed by atoms with van der Waals surface area (Å²) >= 11 is 5.74. The summed E-state index contributed by atoms with van der Waals surface area (Å²) in [5.41, 5.74) is 2.27. The lowest BCUT2D eigenvalue weighted by atomic mass is 10.0. The van der Waals surface area contributed by atoms with E-state index in [0.717, 1.165) is 5.69 Å². The highest BCUT2D eigenvalue weighted by molar-refractivity contribution is 7.80. The molecule has 0 radical (unpaired) electrons. The Morgan fingerprint density at radius 3 is 2.68 bits per heavy atom. The van der Waals surface area contributed by atoms with E-state index in [1.54, 1.807) is 24.4 Å². The zero-order chi connectivity index (χ0) is 23.5. The fourth-order valence-corrected chi connectivity index (χ4v) is 5.47. The summed E-state index contributed by atoms with van der Waals surface area (Å²) in [6, 6.07) is 16.6. The van der Waals surface area contributed by atoms with Gasteiger partial charge in [-0.1, -0.05) is 31.0 Å². The van der Waals surface area contributed by atoms with Crippen LogP contribution < -0.4 is 10.6 Å². The van der Waals surface area contributed by atoms with E-state index in [-0.39, 0.29) is 30.1 Å². The molecule has 2 atom stereocenters. The smallest absolute Gasteiger partial charge is 0.226 e. The van der Waals surface area contributed by atoms with Gasteiger partial charge in [0.2, 0.25) is 5.91 Å². The summed E-state index contributed by atoms with van der Waals surface area (Å²) in [4.78, 5) is 19.3. The fraction of sp³-hybridized carbons (Fsp3) is 0.346. The van der Waals surface area contributed by atoms with Crippen LogP contribution in [0.15, 0.2) is 67.0 Å². The summed E-state index contributed by atoms with van der Waals surface area (Å²) in [6.07, 6.45) is 8.96. The maximum absolute atomic E-state index is 14.0. The van der Waals surface area contributed by atoms with E-state index in [1.807, 2.05) is 18.2 Å². The Kier molecular flexibility index (Phi) is 6.58. The molecule has 3 heterocycles. The summed E-state index contributed by atoms with van der Waals surface area (Å²) in [6.45, 7) is 0.413. The predicted octanol–water partition coefficient (Wildman–Crippen LogP) is 5.14. The number of hydrogen-bond acceptors (Lipinski definition) is 3. The maximum atomic E-state index is 14.0. The zero-order valence-electron chi connectivity index (χ0n) is 18.9. The largest absolute Gasteiger partial charge is 0.352 e. The molecule has 0 spiro atoms. The molecule has 2 N–H and O–H groups in total. The molecule has 34 heavy (non-hydrogen) atoms. The minimum absolute atomic E-state index is 0.0979. The van der Waals surface area contributed by atoms with Crippen molar-refractivity contribution in [1.29, 1.82) is 0 Å². The van der Waals surface area contributed by atoms with Gasteiger partial charge in [0.05, 0.1) is 23.5 Å². The van der Waals surface area contributed by atoms with Gasteiger partial charge in [0.15, 0.2) is 5.11 Å². The van der Waals surface area contributed by atoms with Gasteiger partial charge < -0.3 is 20.1 Å². The van der Waals surface area contributed by atoms with Gasteiger partial charge >= 0.3 is 0 Å². The Hall–Kier alpha value is -3.26. The van der Waals surface area contributed by atoms with Crippen molar-refractivity contribution in [3.05, 3.63) is 84.2 Å². The van der Waals surface area contributed by atoms with Crippen LogP contribution in [-0.4, -0.2) is 32.0 Å². The lowest BCUT2D eigenvalue weighted by molar-refractivity contribution is -0.116. The molecule has 2 aliphatic rings. The molecule has 1 amide bonds. The van der Waals surface area contributed by atoms with Crippen LogP contribution in [0.1, 0.15) is 61.6 Å². The first-order chi connectivity index (χ1) is 16.6. The van der Waals surface area contributed by atoms with Crippen LogP contribution in [0.5, 0.6) is 0 Å². The lowest BCUT2D eigenvalue weighted by Gasteiger charge is -2.30. The van der Waals surface area contributed by atoms with Crippen molar-refractivity contribution in [2.45, 2.75) is 50.2 Å². The van der Waals surface area contributed by atoms with Crippen LogP contribution in [-0.2, 0) is 4.79 Å². The molecule has 6 nitrogen and oxygen atoms in total. The first-order valence-corrected chi connectivity index (χ1v) is 12.2. The van der Waals surface area contributed by atoms with Gasteiger partial charge in [-0.3, -0.25) is 9.78 Å². The molecule has 1 aliphatic carbocycles. The molecule has 176 valence electrons. The number of halogens is 1. The number of pyridine rings is 1. The molecular weight excluding hydrogens is 449 g/mol. The Morgan fingerprint density at radius 1 is 1.12 bits per heavy atom. The first kappa shape index (κ1) is 22.5. The third kappa shape index (κ3) is 4.55. The number of benzene rings is 1. The lowest BCUT2D eigenvalue weighted by Crippen LogP contribution is -2.33. The Balaban J connectivity index is 1.40. The van der Waals surface area contributed by atoms with Crippen molar-refractivity contribution in [2.24, 2.45) is 0 Å². The third-order valence-electron chi connectivity index (χ3n) is 6.76. The second-order valence-corrected chi connectivity index (χ2v) is 9.26. The van der Waals surface area contributed by atoms with Gasteiger partial charge in [-0.25, -0.2) is 4.39 Å². The number of anilines is 1. The minimum atomic E-state index is -0.448. The molecule has 2 fully saturated rings. The molecule has 1 aromatic carbocycles. The third-order valence-corrected chi connectivity index (χ3v) is 7.11. The molecule has 8 heteroatoms. The van der Waals surface area contributed by atoms with E-state index in [9.17, 15) is 9.18 Å². The average Bonchev–Trinajstić information content (AvgIpc) is 3.59. The van der Waals surface area contributed by atoms with Crippen LogP contribution in [0.2, 0.25) is 0 Å². The number of nitrogens with zero attached hydrogens (tertiary/aromatic N) is 3. The molecule has 0 bridgehead atoms. The van der Waals surface area contributed by atoms with Gasteiger partial charge in [-0.2, -0.15) is 0 Å². The number of para-hydroxylation sites is 1. The second-order valence-electron chi connectivity index (χ2n) is 8.88. The van der Waals surface area contributed by atoms with E-state index in [0.29, 0.717) is 17.7 Å². The first-order valence-electron chi connectivity index (χ1n) is 11.8. The molecule has 5 rings (SSSR count). The van der Waals surface area contributed by atoms with E-state index in [4.69, 9.17) is 12.2 Å². The predicted molar refractivity (Wildman–Crippen MR) is 134 cm³/mol. The highest BCUT2D eigenvalue weighted by atomic mass is 32.1. The van der Waals surface area contributed by atoms with Crippen LogP contribution in [0.25, 0.3) is 0 Å². The highest BCUT2D eigenvalue weighted by Crippen LogP contribution is 2.41. The molecule has 1 saturated heterocycles. The van der Waals surface area contributed by atoms with Crippen molar-refractivity contribution in [2.75, 3.05) is 11.9 Å². The number of carbonyl (C=O) groups is 1. The molecule has 2 aromatic heterocycles. The number of hydrogen-bond donors (Lipinski definition) is 2. The number of aromatic nitrogens is 2. The van der Waals surface area contributed by atoms with Crippen LogP contribution in [0.4, 0.5) is 10.1 Å². The summed E-state index contributed by atoms with van der Waals surface area (Å²) in [5.74, 6) is -0.698. The molecule has 1 aliphatic heterocycles. The van der Waals surface area contributed by atoms with E-state index in [2.05, 4.69) is 43.4 Å². The number of thiocarbonyl (C=S) groups is 1. The van der Waals surface area contributed by atoms with Crippen LogP contribution >= 0.6 is 12.2 Å². The fourth-order valence-electron chi connectivity index (χ4n) is 5.14. The zero-order valence-corrected chi connectivity index (χ0v) is 19.7. The Labute approximate surface area is 204 Å². The van der Waals surface area contributed by atoms with Gasteiger partial charge in [-0.05, 0) is 61.5 Å². The minimum Gasteiger partial charge on any atom is -0.352 e. The summed E-state index contributed by atoms with van der Waals surface area (Å²) in [7, 11) is 0. The monoisotopic (exact) mass is 477 g/mol. The van der Waals surface area contributed by atoms with Crippen LogP contribution in [0.3, 0.4) is 0 Å². The average molecular weight is 478 g/mol. The van der Waals surface area contributed by atoms with Gasteiger partial charge in [0, 0.05) is 37.1 Å². The molecule has 3 aromatic rings. The molecule has 1 saturated carbocycles. The van der Waals surface area contributed by atoms with Crippen molar-refractivity contribution >= 4 is 28.9 Å². The Morgan fingerprint density at radius 2 is 1.91 bits per heavy atom. The quantitative estimate of drug-likeness (QED) is 0.462. The highest BCUT2D eigenvalue weighted by Gasteiger charge is 2.41. The van der Waals surface area contributed by atoms with Crippen molar-refractivity contribution in [3.8, 4) is 0 Å². The van der Waals surface area contributed by atoms with Crippen molar-refractivity contribution in [1.82, 2.24) is 19.8 Å². The topological polar surface area (TPSA) is 62.2 Å². The molecular formula is C26H28FN5OS. The number of carbonyl (C=O) groups excluding carboxylic acids is 1. The Bertz CT molecular complexity index is 1160.